The Kier molecular flexibility index (Phi) is 3.40. The van der Waals surface area contributed by atoms with E-state index in [2.05, 4.69) is 43.8 Å². The third-order valence-electron chi connectivity index (χ3n) is 3.63. The van der Waals surface area contributed by atoms with Crippen molar-refractivity contribution in [1.82, 2.24) is 14.1 Å². The van der Waals surface area contributed by atoms with Gasteiger partial charge in [-0.25, -0.2) is 4.98 Å². The van der Waals surface area contributed by atoms with E-state index >= 15 is 0 Å². The summed E-state index contributed by atoms with van der Waals surface area (Å²) in [7, 11) is 4.03. The Labute approximate surface area is 125 Å². The summed E-state index contributed by atoms with van der Waals surface area (Å²) < 4.78 is 4.98. The van der Waals surface area contributed by atoms with Crippen LogP contribution in [0.1, 0.15) is 5.82 Å². The first-order valence-electron chi connectivity index (χ1n) is 6.50. The minimum Gasteiger partial charge on any atom is -0.396 e. The number of aliphatic hydroxyl groups is 1. The van der Waals surface area contributed by atoms with Crippen LogP contribution in [0.15, 0.2) is 35.1 Å². The van der Waals surface area contributed by atoms with Gasteiger partial charge in [-0.15, -0.1) is 0 Å². The summed E-state index contributed by atoms with van der Waals surface area (Å²) in [6, 6.07) is 8.32. The van der Waals surface area contributed by atoms with Gasteiger partial charge in [0.1, 0.15) is 10.4 Å². The second-order valence-electron chi connectivity index (χ2n) is 4.87. The summed E-state index contributed by atoms with van der Waals surface area (Å²) in [6.45, 7) is 0.103. The molecule has 0 aliphatic rings. The van der Waals surface area contributed by atoms with Crippen molar-refractivity contribution >= 4 is 26.8 Å². The van der Waals surface area contributed by atoms with Crippen LogP contribution in [-0.2, 0) is 20.5 Å². The highest BCUT2D eigenvalue weighted by Crippen LogP contribution is 2.34. The number of halogens is 1. The van der Waals surface area contributed by atoms with Crippen molar-refractivity contribution in [2.75, 3.05) is 6.61 Å². The number of para-hydroxylation sites is 1. The van der Waals surface area contributed by atoms with E-state index < -0.39 is 0 Å². The number of nitrogens with zero attached hydrogens (tertiary/aromatic N) is 3. The third kappa shape index (κ3) is 1.98. The Morgan fingerprint density at radius 2 is 2.00 bits per heavy atom. The van der Waals surface area contributed by atoms with Crippen LogP contribution in [0.2, 0.25) is 0 Å². The first-order valence-corrected chi connectivity index (χ1v) is 7.29. The van der Waals surface area contributed by atoms with Gasteiger partial charge in [-0.05, 0) is 22.0 Å². The van der Waals surface area contributed by atoms with Crippen LogP contribution < -0.4 is 0 Å². The molecule has 0 radical (unpaired) electrons. The lowest BCUT2D eigenvalue weighted by Gasteiger charge is -2.04. The van der Waals surface area contributed by atoms with Gasteiger partial charge >= 0.3 is 0 Å². The van der Waals surface area contributed by atoms with Gasteiger partial charge in [0, 0.05) is 43.2 Å². The van der Waals surface area contributed by atoms with Crippen LogP contribution >= 0.6 is 15.9 Å². The number of hydrogen-bond donors (Lipinski definition) is 1. The summed E-state index contributed by atoms with van der Waals surface area (Å²) in [5.41, 5.74) is 3.39. The Hall–Kier alpha value is -1.59. The van der Waals surface area contributed by atoms with E-state index in [-0.39, 0.29) is 6.61 Å². The molecule has 0 bridgehead atoms. The molecule has 2 aromatic heterocycles. The molecule has 104 valence electrons. The minimum absolute atomic E-state index is 0.103. The van der Waals surface area contributed by atoms with E-state index in [1.165, 1.54) is 10.9 Å². The molecule has 0 saturated carbocycles. The quantitative estimate of drug-likeness (QED) is 0.800. The summed E-state index contributed by atoms with van der Waals surface area (Å²) in [6.07, 6.45) is 2.68. The molecule has 0 atom stereocenters. The fourth-order valence-corrected chi connectivity index (χ4v) is 3.34. The van der Waals surface area contributed by atoms with Gasteiger partial charge in [0.15, 0.2) is 0 Å². The summed E-state index contributed by atoms with van der Waals surface area (Å²) in [5.74, 6) is 0.877. The van der Waals surface area contributed by atoms with Crippen molar-refractivity contribution in [3.8, 4) is 11.3 Å². The average molecular weight is 334 g/mol. The summed E-state index contributed by atoms with van der Waals surface area (Å²) in [4.78, 5) is 4.50. The molecule has 0 aliphatic heterocycles. The monoisotopic (exact) mass is 333 g/mol. The zero-order chi connectivity index (χ0) is 14.3. The first-order chi connectivity index (χ1) is 9.63. The number of imidazole rings is 1. The molecule has 4 nitrogen and oxygen atoms in total. The lowest BCUT2D eigenvalue weighted by molar-refractivity contribution is 0.295. The Morgan fingerprint density at radius 1 is 1.25 bits per heavy atom. The van der Waals surface area contributed by atoms with Crippen molar-refractivity contribution in [1.29, 1.82) is 0 Å². The molecule has 1 aromatic carbocycles. The van der Waals surface area contributed by atoms with Gasteiger partial charge in [0.05, 0.1) is 12.3 Å². The third-order valence-corrected chi connectivity index (χ3v) is 4.19. The lowest BCUT2D eigenvalue weighted by atomic mass is 10.1. The number of benzene rings is 1. The van der Waals surface area contributed by atoms with Crippen LogP contribution in [-0.4, -0.2) is 25.8 Å². The van der Waals surface area contributed by atoms with Gasteiger partial charge in [-0.3, -0.25) is 0 Å². The second-order valence-corrected chi connectivity index (χ2v) is 5.62. The van der Waals surface area contributed by atoms with Crippen LogP contribution in [0.3, 0.4) is 0 Å². The van der Waals surface area contributed by atoms with E-state index in [1.807, 2.05) is 30.8 Å². The van der Waals surface area contributed by atoms with E-state index in [4.69, 9.17) is 5.11 Å². The molecular formula is C15H16BrN3O. The predicted octanol–water partition coefficient (Wildman–Crippen LogP) is 2.88. The van der Waals surface area contributed by atoms with E-state index in [9.17, 15) is 0 Å². The molecule has 0 fully saturated rings. The highest BCUT2D eigenvalue weighted by molar-refractivity contribution is 9.10. The van der Waals surface area contributed by atoms with Crippen molar-refractivity contribution in [3.63, 3.8) is 0 Å². The van der Waals surface area contributed by atoms with Gasteiger partial charge in [-0.2, -0.15) is 0 Å². The SMILES string of the molecule is Cn1c(CCO)nc(Br)c1-c1cn(C)c2ccccc12. The maximum atomic E-state index is 9.12. The molecule has 0 aliphatic carbocycles. The molecule has 1 N–H and O–H groups in total. The number of aliphatic hydroxyl groups excluding tert-OH is 1. The second kappa shape index (κ2) is 5.07. The molecule has 0 amide bonds. The molecule has 0 unspecified atom stereocenters. The number of fused-ring (bicyclic) bond motifs is 1. The largest absolute Gasteiger partial charge is 0.396 e. The van der Waals surface area contributed by atoms with Crippen molar-refractivity contribution in [3.05, 3.63) is 40.9 Å². The summed E-state index contributed by atoms with van der Waals surface area (Å²) >= 11 is 3.55. The number of aryl methyl sites for hydroxylation is 1. The molecule has 2 heterocycles. The molecule has 5 heteroatoms. The predicted molar refractivity (Wildman–Crippen MR) is 83.6 cm³/mol. The highest BCUT2D eigenvalue weighted by atomic mass is 79.9. The van der Waals surface area contributed by atoms with Gasteiger partial charge < -0.3 is 14.2 Å². The van der Waals surface area contributed by atoms with Crippen LogP contribution in [0, 0.1) is 0 Å². The smallest absolute Gasteiger partial charge is 0.132 e. The zero-order valence-corrected chi connectivity index (χ0v) is 13.1. The van der Waals surface area contributed by atoms with Gasteiger partial charge in [0.2, 0.25) is 0 Å². The minimum atomic E-state index is 0.103. The maximum absolute atomic E-state index is 9.12. The van der Waals surface area contributed by atoms with Crippen LogP contribution in [0.5, 0.6) is 0 Å². The first kappa shape index (κ1) is 13.4. The zero-order valence-electron chi connectivity index (χ0n) is 11.5. The molecular weight excluding hydrogens is 318 g/mol. The van der Waals surface area contributed by atoms with E-state index in [1.54, 1.807) is 0 Å². The van der Waals surface area contributed by atoms with Gasteiger partial charge in [-0.1, -0.05) is 18.2 Å². The highest BCUT2D eigenvalue weighted by Gasteiger charge is 2.18. The Bertz CT molecular complexity index is 773. The Balaban J connectivity index is 2.26. The van der Waals surface area contributed by atoms with Crippen molar-refractivity contribution in [2.24, 2.45) is 14.1 Å². The fraction of sp³-hybridized carbons (Fsp3) is 0.267. The maximum Gasteiger partial charge on any atom is 0.132 e. The molecule has 3 rings (SSSR count). The van der Waals surface area contributed by atoms with Crippen LogP contribution in [0.4, 0.5) is 0 Å². The molecule has 20 heavy (non-hydrogen) atoms. The Morgan fingerprint density at radius 3 is 2.75 bits per heavy atom. The standard InChI is InChI=1S/C15H16BrN3O/c1-18-9-11(10-5-3-4-6-12(10)18)14-15(16)17-13(7-8-20)19(14)2/h3-6,9,20H,7-8H2,1-2H3. The normalized spacial score (nSPS) is 11.4. The molecule has 0 saturated heterocycles. The number of hydrogen-bond acceptors (Lipinski definition) is 2. The fourth-order valence-electron chi connectivity index (χ4n) is 2.65. The van der Waals surface area contributed by atoms with Crippen molar-refractivity contribution < 1.29 is 5.11 Å². The van der Waals surface area contributed by atoms with E-state index in [0.29, 0.717) is 6.42 Å². The number of aromatic nitrogens is 3. The summed E-state index contributed by atoms with van der Waals surface area (Å²) in [5, 5.41) is 10.3. The lowest BCUT2D eigenvalue weighted by Crippen LogP contribution is -2.02. The topological polar surface area (TPSA) is 43.0 Å². The molecule has 0 spiro atoms. The van der Waals surface area contributed by atoms with Crippen molar-refractivity contribution in [2.45, 2.75) is 6.42 Å². The number of rotatable bonds is 3. The molecule has 3 aromatic rings. The average Bonchev–Trinajstić information content (AvgIpc) is 2.90. The van der Waals surface area contributed by atoms with E-state index in [0.717, 1.165) is 21.7 Å². The van der Waals surface area contributed by atoms with Gasteiger partial charge in [0.25, 0.3) is 0 Å². The van der Waals surface area contributed by atoms with Crippen LogP contribution in [0.25, 0.3) is 22.2 Å².